The lowest BCUT2D eigenvalue weighted by Crippen LogP contribution is -2.40. The Kier molecular flexibility index (Phi) is 4.65. The third kappa shape index (κ3) is 3.12. The van der Waals surface area contributed by atoms with Crippen molar-refractivity contribution in [2.24, 2.45) is 5.92 Å². The van der Waals surface area contributed by atoms with Crippen LogP contribution in [0.3, 0.4) is 0 Å². The Bertz CT molecular complexity index is 505. The number of nitrogens with one attached hydrogen (secondary N) is 1. The van der Waals surface area contributed by atoms with Gasteiger partial charge < -0.3 is 15.0 Å². The first kappa shape index (κ1) is 14.8. The number of carbonyl (C=O) groups excluding carboxylic acids is 2. The number of thiophene rings is 1. The molecule has 0 bridgehead atoms. The van der Waals surface area contributed by atoms with Crippen LogP contribution < -0.4 is 5.32 Å². The van der Waals surface area contributed by atoms with Crippen LogP contribution in [0.5, 0.6) is 0 Å². The highest BCUT2D eigenvalue weighted by Crippen LogP contribution is 2.29. The van der Waals surface area contributed by atoms with Crippen molar-refractivity contribution < 1.29 is 14.3 Å². The van der Waals surface area contributed by atoms with E-state index >= 15 is 0 Å². The summed E-state index contributed by atoms with van der Waals surface area (Å²) in [6.45, 7) is 5.61. The van der Waals surface area contributed by atoms with Crippen molar-refractivity contribution in [3.63, 3.8) is 0 Å². The van der Waals surface area contributed by atoms with E-state index in [2.05, 4.69) is 12.2 Å². The normalized spacial score (nSPS) is 16.1. The molecule has 0 spiro atoms. The molecule has 1 aromatic rings. The predicted octanol–water partition coefficient (Wildman–Crippen LogP) is 3.11. The van der Waals surface area contributed by atoms with Crippen LogP contribution in [0, 0.1) is 12.8 Å². The van der Waals surface area contributed by atoms with Crippen LogP contribution in [-0.4, -0.2) is 37.1 Å². The molecule has 2 rings (SSSR count). The third-order valence-electron chi connectivity index (χ3n) is 3.65. The summed E-state index contributed by atoms with van der Waals surface area (Å²) in [5, 5.41) is 4.70. The molecule has 1 aromatic heterocycles. The summed E-state index contributed by atoms with van der Waals surface area (Å²) in [7, 11) is 1.34. The van der Waals surface area contributed by atoms with E-state index in [1.807, 2.05) is 12.3 Å². The Morgan fingerprint density at radius 3 is 2.65 bits per heavy atom. The number of urea groups is 1. The highest BCUT2D eigenvalue weighted by Gasteiger charge is 2.23. The molecule has 0 aromatic carbocycles. The van der Waals surface area contributed by atoms with Gasteiger partial charge in [-0.25, -0.2) is 9.59 Å². The number of aryl methyl sites for hydroxylation is 1. The van der Waals surface area contributed by atoms with Gasteiger partial charge in [0.2, 0.25) is 0 Å². The highest BCUT2D eigenvalue weighted by molar-refractivity contribution is 7.12. The molecule has 5 nitrogen and oxygen atoms in total. The average Bonchev–Trinajstić information content (AvgIpc) is 2.80. The number of methoxy groups -OCH3 is 1. The number of anilines is 1. The van der Waals surface area contributed by atoms with Crippen LogP contribution >= 0.6 is 11.3 Å². The molecule has 6 heteroatoms. The maximum Gasteiger partial charge on any atom is 0.350 e. The van der Waals surface area contributed by atoms with E-state index in [1.165, 1.54) is 18.4 Å². The molecule has 0 atom stereocenters. The molecule has 1 N–H and O–H groups in total. The van der Waals surface area contributed by atoms with Crippen LogP contribution in [0.15, 0.2) is 5.38 Å². The summed E-state index contributed by atoms with van der Waals surface area (Å²) < 4.78 is 4.74. The number of likely N-dealkylation sites (tertiary alicyclic amines) is 1. The first-order valence-electron chi connectivity index (χ1n) is 6.75. The molecule has 110 valence electrons. The van der Waals surface area contributed by atoms with Crippen LogP contribution in [-0.2, 0) is 4.74 Å². The molecule has 1 aliphatic heterocycles. The number of piperidine rings is 1. The topological polar surface area (TPSA) is 58.6 Å². The number of amides is 2. The van der Waals surface area contributed by atoms with Crippen LogP contribution in [0.25, 0.3) is 0 Å². The molecule has 1 fully saturated rings. The number of nitrogens with zero attached hydrogens (tertiary/aromatic N) is 1. The van der Waals surface area contributed by atoms with Crippen LogP contribution in [0.4, 0.5) is 10.5 Å². The summed E-state index contributed by atoms with van der Waals surface area (Å²) in [5.41, 5.74) is 1.46. The van der Waals surface area contributed by atoms with Gasteiger partial charge in [-0.15, -0.1) is 11.3 Å². The Morgan fingerprint density at radius 2 is 2.05 bits per heavy atom. The molecular weight excluding hydrogens is 276 g/mol. The largest absolute Gasteiger partial charge is 0.465 e. The quantitative estimate of drug-likeness (QED) is 0.853. The standard InChI is InChI=1S/C14H20N2O3S/c1-9-4-6-16(7-5-9)14(18)15-11-10(2)8-20-12(11)13(17)19-3/h8-9H,4-7H2,1-3H3,(H,15,18). The SMILES string of the molecule is COC(=O)c1scc(C)c1NC(=O)N1CCC(C)CC1. The van der Waals surface area contributed by atoms with Crippen molar-refractivity contribution >= 4 is 29.0 Å². The van der Waals surface area contributed by atoms with E-state index in [-0.39, 0.29) is 6.03 Å². The van der Waals surface area contributed by atoms with Gasteiger partial charge in [0.1, 0.15) is 4.88 Å². The lowest BCUT2D eigenvalue weighted by Gasteiger charge is -2.30. The zero-order valence-electron chi connectivity index (χ0n) is 12.1. The Balaban J connectivity index is 2.08. The second kappa shape index (κ2) is 6.26. The first-order chi connectivity index (χ1) is 9.52. The summed E-state index contributed by atoms with van der Waals surface area (Å²) in [6.07, 6.45) is 2.06. The predicted molar refractivity (Wildman–Crippen MR) is 79.4 cm³/mol. The first-order valence-corrected chi connectivity index (χ1v) is 7.63. The van der Waals surface area contributed by atoms with E-state index in [4.69, 9.17) is 4.74 Å². The number of ether oxygens (including phenoxy) is 1. The summed E-state index contributed by atoms with van der Waals surface area (Å²) in [6, 6.07) is -0.136. The average molecular weight is 296 g/mol. The molecule has 0 saturated carbocycles. The number of rotatable bonds is 2. The molecule has 1 aliphatic rings. The fourth-order valence-electron chi connectivity index (χ4n) is 2.24. The van der Waals surface area contributed by atoms with Crippen molar-refractivity contribution in [3.05, 3.63) is 15.8 Å². The van der Waals surface area contributed by atoms with E-state index in [9.17, 15) is 9.59 Å². The number of hydrogen-bond donors (Lipinski definition) is 1. The minimum Gasteiger partial charge on any atom is -0.465 e. The Hall–Kier alpha value is -1.56. The van der Waals surface area contributed by atoms with Crippen LogP contribution in [0.1, 0.15) is 35.0 Å². The van der Waals surface area contributed by atoms with Crippen molar-refractivity contribution in [3.8, 4) is 0 Å². The van der Waals surface area contributed by atoms with Gasteiger partial charge in [-0.2, -0.15) is 0 Å². The lowest BCUT2D eigenvalue weighted by atomic mass is 10.00. The minimum atomic E-state index is -0.411. The Labute approximate surface area is 122 Å². The van der Waals surface area contributed by atoms with Gasteiger partial charge in [-0.05, 0) is 36.6 Å². The molecule has 1 saturated heterocycles. The zero-order valence-corrected chi connectivity index (χ0v) is 12.9. The minimum absolute atomic E-state index is 0.136. The highest BCUT2D eigenvalue weighted by atomic mass is 32.1. The molecule has 2 amide bonds. The molecule has 0 aliphatic carbocycles. The van der Waals surface area contributed by atoms with E-state index in [1.54, 1.807) is 4.90 Å². The van der Waals surface area contributed by atoms with E-state index < -0.39 is 5.97 Å². The van der Waals surface area contributed by atoms with Crippen molar-refractivity contribution in [2.45, 2.75) is 26.7 Å². The second-order valence-electron chi connectivity index (χ2n) is 5.21. The monoisotopic (exact) mass is 296 g/mol. The number of hydrogen-bond acceptors (Lipinski definition) is 4. The van der Waals surface area contributed by atoms with Gasteiger partial charge in [0, 0.05) is 13.1 Å². The van der Waals surface area contributed by atoms with Gasteiger partial charge in [-0.3, -0.25) is 0 Å². The van der Waals surface area contributed by atoms with Crippen molar-refractivity contribution in [1.82, 2.24) is 4.90 Å². The van der Waals surface area contributed by atoms with Gasteiger partial charge in [-0.1, -0.05) is 6.92 Å². The van der Waals surface area contributed by atoms with Gasteiger partial charge in [0.15, 0.2) is 0 Å². The molecule has 20 heavy (non-hydrogen) atoms. The van der Waals surface area contributed by atoms with Gasteiger partial charge >= 0.3 is 12.0 Å². The maximum atomic E-state index is 12.3. The van der Waals surface area contributed by atoms with E-state index in [0.29, 0.717) is 16.5 Å². The lowest BCUT2D eigenvalue weighted by molar-refractivity contribution is 0.0607. The third-order valence-corrected chi connectivity index (χ3v) is 4.73. The second-order valence-corrected chi connectivity index (χ2v) is 6.09. The van der Waals surface area contributed by atoms with Gasteiger partial charge in [0.05, 0.1) is 12.8 Å². The van der Waals surface area contributed by atoms with Crippen molar-refractivity contribution in [2.75, 3.05) is 25.5 Å². The molecule has 0 radical (unpaired) electrons. The fraction of sp³-hybridized carbons (Fsp3) is 0.571. The molecule has 0 unspecified atom stereocenters. The number of carbonyl (C=O) groups is 2. The maximum absolute atomic E-state index is 12.3. The van der Waals surface area contributed by atoms with E-state index in [0.717, 1.165) is 31.5 Å². The smallest absolute Gasteiger partial charge is 0.350 e. The summed E-state index contributed by atoms with van der Waals surface area (Å²) in [4.78, 5) is 26.2. The van der Waals surface area contributed by atoms with Crippen molar-refractivity contribution in [1.29, 1.82) is 0 Å². The summed E-state index contributed by atoms with van der Waals surface area (Å²) >= 11 is 1.29. The molecular formula is C14H20N2O3S. The zero-order chi connectivity index (χ0) is 14.7. The van der Waals surface area contributed by atoms with Gasteiger partial charge in [0.25, 0.3) is 0 Å². The summed E-state index contributed by atoms with van der Waals surface area (Å²) in [5.74, 6) is 0.262. The fourth-order valence-corrected chi connectivity index (χ4v) is 3.16. The Morgan fingerprint density at radius 1 is 1.40 bits per heavy atom. The molecule has 2 heterocycles. The van der Waals surface area contributed by atoms with Crippen LogP contribution in [0.2, 0.25) is 0 Å². The number of esters is 1.